The number of nitrogens with zero attached hydrogens (tertiary/aromatic N) is 2. The van der Waals surface area contributed by atoms with Gasteiger partial charge in [-0.2, -0.15) is 0 Å². The normalized spacial score (nSPS) is 18.5. The van der Waals surface area contributed by atoms with Crippen LogP contribution in [0.15, 0.2) is 12.1 Å². The van der Waals surface area contributed by atoms with Crippen LogP contribution in [-0.4, -0.2) is 30.6 Å². The molecule has 0 aromatic heterocycles. The molecule has 1 atom stereocenters. The van der Waals surface area contributed by atoms with Crippen LogP contribution in [0.1, 0.15) is 26.2 Å². The molecule has 0 spiro atoms. The van der Waals surface area contributed by atoms with Crippen molar-refractivity contribution in [2.24, 2.45) is 0 Å². The van der Waals surface area contributed by atoms with Crippen molar-refractivity contribution in [3.63, 3.8) is 0 Å². The summed E-state index contributed by atoms with van der Waals surface area (Å²) in [5, 5.41) is 15.3. The number of nitro benzene ring substituents is 1. The molecule has 116 valence electrons. The Kier molecular flexibility index (Phi) is 5.67. The highest BCUT2D eigenvalue weighted by atomic mass is 35.5. The largest absolute Gasteiger partial charge is 0.365 e. The summed E-state index contributed by atoms with van der Waals surface area (Å²) < 4.78 is 0. The smallest absolute Gasteiger partial charge is 0.294 e. The molecule has 21 heavy (non-hydrogen) atoms. The number of nitrogens with one attached hydrogen (secondary N) is 1. The Morgan fingerprint density at radius 1 is 1.38 bits per heavy atom. The summed E-state index contributed by atoms with van der Waals surface area (Å²) in [6.45, 7) is 4.40. The van der Waals surface area contributed by atoms with Crippen LogP contribution in [0.5, 0.6) is 0 Å². The monoisotopic (exact) mass is 331 g/mol. The zero-order chi connectivity index (χ0) is 15.4. The summed E-state index contributed by atoms with van der Waals surface area (Å²) in [6, 6.07) is 3.28. The van der Waals surface area contributed by atoms with Crippen molar-refractivity contribution in [2.75, 3.05) is 24.5 Å². The maximum Gasteiger partial charge on any atom is 0.294 e. The molecule has 0 amide bonds. The van der Waals surface area contributed by atoms with Crippen molar-refractivity contribution in [2.45, 2.75) is 32.2 Å². The summed E-state index contributed by atoms with van der Waals surface area (Å²) in [6.07, 6.45) is 3.47. The Balaban J connectivity index is 2.27. The van der Waals surface area contributed by atoms with Crippen LogP contribution in [0.25, 0.3) is 0 Å². The van der Waals surface area contributed by atoms with Gasteiger partial charge in [0.25, 0.3) is 5.69 Å². The number of hydrogen-bond donors (Lipinski definition) is 1. The lowest BCUT2D eigenvalue weighted by molar-refractivity contribution is -0.384. The van der Waals surface area contributed by atoms with Crippen LogP contribution in [0.2, 0.25) is 10.0 Å². The van der Waals surface area contributed by atoms with E-state index in [-0.39, 0.29) is 10.7 Å². The molecule has 1 aliphatic heterocycles. The minimum atomic E-state index is -0.408. The van der Waals surface area contributed by atoms with Gasteiger partial charge < -0.3 is 10.2 Å². The average Bonchev–Trinajstić information content (AvgIpc) is 2.48. The molecule has 5 nitrogen and oxygen atoms in total. The Morgan fingerprint density at radius 3 is 2.67 bits per heavy atom. The third-order valence-corrected chi connectivity index (χ3v) is 4.51. The van der Waals surface area contributed by atoms with Gasteiger partial charge in [0.1, 0.15) is 5.69 Å². The van der Waals surface area contributed by atoms with Crippen molar-refractivity contribution >= 4 is 34.6 Å². The van der Waals surface area contributed by atoms with Gasteiger partial charge >= 0.3 is 0 Å². The number of rotatable bonds is 5. The fraction of sp³-hybridized carbons (Fsp3) is 0.571. The molecule has 0 radical (unpaired) electrons. The summed E-state index contributed by atoms with van der Waals surface area (Å²) in [5.41, 5.74) is 0.534. The van der Waals surface area contributed by atoms with Crippen molar-refractivity contribution in [3.8, 4) is 0 Å². The van der Waals surface area contributed by atoms with E-state index in [0.717, 1.165) is 19.5 Å². The number of benzene rings is 1. The topological polar surface area (TPSA) is 58.4 Å². The van der Waals surface area contributed by atoms with Gasteiger partial charge in [-0.3, -0.25) is 10.1 Å². The molecule has 1 N–H and O–H groups in total. The highest BCUT2D eigenvalue weighted by molar-refractivity contribution is 6.42. The maximum absolute atomic E-state index is 11.3. The molecular weight excluding hydrogens is 313 g/mol. The average molecular weight is 332 g/mol. The predicted molar refractivity (Wildman–Crippen MR) is 86.6 cm³/mol. The first-order chi connectivity index (χ1) is 10.0. The fourth-order valence-electron chi connectivity index (χ4n) is 2.67. The summed E-state index contributed by atoms with van der Waals surface area (Å²) in [4.78, 5) is 12.8. The molecule has 1 unspecified atom stereocenters. The standard InChI is InChI=1S/C14H19Cl2N3O2/c1-2-18(9-10-5-3-4-6-17-10)13-7-11(15)12(16)8-14(13)19(20)21/h7-8,10,17H,2-6,9H2,1H3. The van der Waals surface area contributed by atoms with Gasteiger partial charge in [-0.1, -0.05) is 29.6 Å². The SMILES string of the molecule is CCN(CC1CCCCN1)c1cc(Cl)c(Cl)cc1[N+](=O)[O-]. The first-order valence-corrected chi connectivity index (χ1v) is 7.90. The lowest BCUT2D eigenvalue weighted by atomic mass is 10.0. The minimum absolute atomic E-state index is 0.00191. The molecule has 1 aromatic carbocycles. The van der Waals surface area contributed by atoms with Crippen LogP contribution in [0.4, 0.5) is 11.4 Å². The molecule has 0 bridgehead atoms. The zero-order valence-electron chi connectivity index (χ0n) is 11.9. The minimum Gasteiger partial charge on any atom is -0.365 e. The lowest BCUT2D eigenvalue weighted by Gasteiger charge is -2.31. The first-order valence-electron chi connectivity index (χ1n) is 7.14. The highest BCUT2D eigenvalue weighted by Gasteiger charge is 2.24. The molecule has 7 heteroatoms. The van der Waals surface area contributed by atoms with E-state index in [1.807, 2.05) is 11.8 Å². The Morgan fingerprint density at radius 2 is 2.10 bits per heavy atom. The number of piperidine rings is 1. The van der Waals surface area contributed by atoms with Crippen molar-refractivity contribution in [1.29, 1.82) is 0 Å². The third kappa shape index (κ3) is 3.99. The van der Waals surface area contributed by atoms with Gasteiger partial charge in [-0.05, 0) is 32.4 Å². The summed E-state index contributed by atoms with van der Waals surface area (Å²) >= 11 is 11.9. The maximum atomic E-state index is 11.3. The van der Waals surface area contributed by atoms with Gasteiger partial charge in [-0.25, -0.2) is 0 Å². The first kappa shape index (κ1) is 16.3. The molecule has 1 heterocycles. The second kappa shape index (κ2) is 7.29. The molecular formula is C14H19Cl2N3O2. The third-order valence-electron chi connectivity index (χ3n) is 3.79. The van der Waals surface area contributed by atoms with E-state index >= 15 is 0 Å². The number of nitro groups is 1. The lowest BCUT2D eigenvalue weighted by Crippen LogP contribution is -2.43. The van der Waals surface area contributed by atoms with Crippen molar-refractivity contribution in [1.82, 2.24) is 5.32 Å². The van der Waals surface area contributed by atoms with E-state index in [9.17, 15) is 10.1 Å². The molecule has 0 saturated carbocycles. The quantitative estimate of drug-likeness (QED) is 0.657. The zero-order valence-corrected chi connectivity index (χ0v) is 13.5. The van der Waals surface area contributed by atoms with Crippen LogP contribution in [-0.2, 0) is 0 Å². The number of anilines is 1. The Hall–Kier alpha value is -1.04. The van der Waals surface area contributed by atoms with Crippen molar-refractivity contribution in [3.05, 3.63) is 32.3 Å². The highest BCUT2D eigenvalue weighted by Crippen LogP contribution is 2.36. The predicted octanol–water partition coefficient (Wildman–Crippen LogP) is 3.87. The van der Waals surface area contributed by atoms with E-state index < -0.39 is 4.92 Å². The summed E-state index contributed by atoms with van der Waals surface area (Å²) in [7, 11) is 0. The van der Waals surface area contributed by atoms with E-state index in [2.05, 4.69) is 5.32 Å². The molecule has 1 aromatic rings. The van der Waals surface area contributed by atoms with Crippen LogP contribution in [0.3, 0.4) is 0 Å². The van der Waals surface area contributed by atoms with Gasteiger partial charge in [0.15, 0.2) is 0 Å². The second-order valence-corrected chi connectivity index (χ2v) is 6.01. The summed E-state index contributed by atoms with van der Waals surface area (Å²) in [5.74, 6) is 0. The van der Waals surface area contributed by atoms with Gasteiger partial charge in [0.05, 0.1) is 15.0 Å². The number of likely N-dealkylation sites (N-methyl/N-ethyl adjacent to an activating group) is 1. The van der Waals surface area contributed by atoms with Gasteiger partial charge in [-0.15, -0.1) is 0 Å². The van der Waals surface area contributed by atoms with Crippen LogP contribution in [0, 0.1) is 10.1 Å². The molecule has 1 saturated heterocycles. The van der Waals surface area contributed by atoms with Crippen molar-refractivity contribution < 1.29 is 4.92 Å². The van der Waals surface area contributed by atoms with E-state index in [0.29, 0.717) is 23.3 Å². The second-order valence-electron chi connectivity index (χ2n) is 5.20. The Bertz CT molecular complexity index is 519. The van der Waals surface area contributed by atoms with Gasteiger partial charge in [0, 0.05) is 25.2 Å². The number of hydrogen-bond acceptors (Lipinski definition) is 4. The van der Waals surface area contributed by atoms with Crippen LogP contribution < -0.4 is 10.2 Å². The van der Waals surface area contributed by atoms with E-state index in [1.165, 1.54) is 18.9 Å². The van der Waals surface area contributed by atoms with E-state index in [1.54, 1.807) is 6.07 Å². The number of halogens is 2. The fourth-order valence-corrected chi connectivity index (χ4v) is 2.98. The molecule has 1 fully saturated rings. The molecule has 2 rings (SSSR count). The Labute approximate surface area is 134 Å². The molecule has 1 aliphatic rings. The van der Waals surface area contributed by atoms with Gasteiger partial charge in [0.2, 0.25) is 0 Å². The van der Waals surface area contributed by atoms with Crippen LogP contribution >= 0.6 is 23.2 Å². The van der Waals surface area contributed by atoms with E-state index in [4.69, 9.17) is 23.2 Å². The molecule has 0 aliphatic carbocycles.